The zero-order valence-corrected chi connectivity index (χ0v) is 24.3. The molecule has 1 aromatic heterocycles. The molecule has 1 fully saturated rings. The van der Waals surface area contributed by atoms with Crippen molar-refractivity contribution in [2.24, 2.45) is 0 Å². The van der Waals surface area contributed by atoms with E-state index in [0.717, 1.165) is 6.07 Å². The Balaban J connectivity index is 0.00000353. The molecule has 0 spiro atoms. The summed E-state index contributed by atoms with van der Waals surface area (Å²) in [5.74, 6) is -0.634. The second-order valence-corrected chi connectivity index (χ2v) is 11.1. The molecule has 7 nitrogen and oxygen atoms in total. The highest BCUT2D eigenvalue weighted by atomic mass is 35.5. The van der Waals surface area contributed by atoms with E-state index in [1.807, 2.05) is 18.7 Å². The number of carbonyl (C=O) groups excluding carboxylic acids is 1. The van der Waals surface area contributed by atoms with Crippen molar-refractivity contribution >= 4 is 59.5 Å². The fourth-order valence-electron chi connectivity index (χ4n) is 5.38. The lowest BCUT2D eigenvalue weighted by molar-refractivity contribution is -0.128. The van der Waals surface area contributed by atoms with Crippen LogP contribution < -0.4 is 10.6 Å². The third kappa shape index (κ3) is 5.05. The zero-order chi connectivity index (χ0) is 27.3. The van der Waals surface area contributed by atoms with E-state index >= 15 is 0 Å². The zero-order valence-electron chi connectivity index (χ0n) is 21.7. The fourth-order valence-corrected chi connectivity index (χ4v) is 7.06. The van der Waals surface area contributed by atoms with Crippen molar-refractivity contribution in [3.8, 4) is 11.1 Å². The lowest BCUT2D eigenvalue weighted by atomic mass is 10.0. The number of nitrogens with zero attached hydrogens (tertiary/aromatic N) is 4. The van der Waals surface area contributed by atoms with Crippen molar-refractivity contribution in [1.29, 1.82) is 0 Å². The highest BCUT2D eigenvalue weighted by Gasteiger charge is 2.36. The van der Waals surface area contributed by atoms with Crippen LogP contribution in [0.4, 0.5) is 14.6 Å². The highest BCUT2D eigenvalue weighted by Crippen LogP contribution is 2.48. The monoisotopic (exact) mass is 594 g/mol. The summed E-state index contributed by atoms with van der Waals surface area (Å²) < 4.78 is 35.7. The maximum atomic E-state index is 15.0. The largest absolute Gasteiger partial charge is 0.383 e. The first-order chi connectivity index (χ1) is 18.2. The van der Waals surface area contributed by atoms with Gasteiger partial charge in [-0.1, -0.05) is 18.2 Å². The molecule has 5 rings (SSSR count). The van der Waals surface area contributed by atoms with Crippen LogP contribution in [0, 0.1) is 11.6 Å². The van der Waals surface area contributed by atoms with E-state index in [-0.39, 0.29) is 48.1 Å². The van der Waals surface area contributed by atoms with Gasteiger partial charge in [-0.2, -0.15) is 18.5 Å². The van der Waals surface area contributed by atoms with Gasteiger partial charge in [-0.25, -0.2) is 13.6 Å². The summed E-state index contributed by atoms with van der Waals surface area (Å²) in [4.78, 5) is 34.9. The number of methoxy groups -OCH3 is 1. The number of carbonyl (C=O) groups is 1. The molecule has 0 N–H and O–H groups in total. The summed E-state index contributed by atoms with van der Waals surface area (Å²) in [6, 6.07) is 4.47. The molecule has 12 heteroatoms. The number of hydrogen-bond donors (Lipinski definition) is 0. The normalized spacial score (nSPS) is 20.6. The molecule has 0 unspecified atom stereocenters. The highest BCUT2D eigenvalue weighted by molar-refractivity contribution is 7.99. The summed E-state index contributed by atoms with van der Waals surface area (Å²) in [7, 11) is 1.57. The number of anilines is 1. The first-order valence-corrected chi connectivity index (χ1v) is 13.6. The second kappa shape index (κ2) is 11.5. The van der Waals surface area contributed by atoms with E-state index in [0.29, 0.717) is 52.6 Å². The number of benzene rings is 2. The Kier molecular flexibility index (Phi) is 8.65. The summed E-state index contributed by atoms with van der Waals surface area (Å²) in [6.45, 7) is 8.67. The van der Waals surface area contributed by atoms with Crippen molar-refractivity contribution < 1.29 is 18.3 Å². The quantitative estimate of drug-likeness (QED) is 0.387. The van der Waals surface area contributed by atoms with Gasteiger partial charge in [0, 0.05) is 65.5 Å². The molecule has 3 aromatic rings. The number of piperazine rings is 1. The maximum absolute atomic E-state index is 15.0. The van der Waals surface area contributed by atoms with E-state index in [4.69, 9.17) is 16.3 Å². The summed E-state index contributed by atoms with van der Waals surface area (Å²) in [5, 5.41) is 0.914. The molecule has 1 saturated heterocycles. The van der Waals surface area contributed by atoms with Crippen LogP contribution in [0.15, 0.2) is 46.6 Å². The number of rotatable bonds is 5. The number of amides is 1. The minimum atomic E-state index is -0.740. The van der Waals surface area contributed by atoms with Gasteiger partial charge >= 0.3 is 5.69 Å². The van der Waals surface area contributed by atoms with Gasteiger partial charge < -0.3 is 14.5 Å². The Labute approximate surface area is 241 Å². The number of thioether (sulfide) groups is 1. The van der Waals surface area contributed by atoms with Crippen molar-refractivity contribution in [2.45, 2.75) is 36.9 Å². The number of hydrogen-bond acceptors (Lipinski definition) is 6. The molecular weight excluding hydrogens is 566 g/mol. The predicted molar refractivity (Wildman–Crippen MR) is 157 cm³/mol. The molecule has 2 aliphatic rings. The number of aromatic nitrogens is 2. The Morgan fingerprint density at radius 1 is 1.26 bits per heavy atom. The average molecular weight is 595 g/mol. The smallest absolute Gasteiger partial charge is 0.350 e. The van der Waals surface area contributed by atoms with Gasteiger partial charge in [-0.3, -0.25) is 9.36 Å². The SMILES string of the molecule is C=CC(=O)N1C[C@H](C)N(c2nc(=O)n3c4c(c(-c5ccc(F)cc5F)c(Cl)cc24)SC[C@@H]3COC)C[C@H]1C.S. The van der Waals surface area contributed by atoms with Crippen LogP contribution in [-0.4, -0.2) is 65.0 Å². The van der Waals surface area contributed by atoms with Crippen LogP contribution >= 0.6 is 36.9 Å². The molecular formula is C27H29ClF2N4O3S2. The van der Waals surface area contributed by atoms with E-state index in [2.05, 4.69) is 11.6 Å². The Hall–Kier alpha value is -2.60. The van der Waals surface area contributed by atoms with Gasteiger partial charge in [-0.05, 0) is 38.1 Å². The van der Waals surface area contributed by atoms with Gasteiger partial charge in [0.2, 0.25) is 5.91 Å². The van der Waals surface area contributed by atoms with E-state index < -0.39 is 17.3 Å². The summed E-state index contributed by atoms with van der Waals surface area (Å²) in [5.41, 5.74) is 0.701. The Morgan fingerprint density at radius 3 is 2.67 bits per heavy atom. The van der Waals surface area contributed by atoms with Crippen LogP contribution in [0.1, 0.15) is 19.9 Å². The molecule has 0 bridgehead atoms. The second-order valence-electron chi connectivity index (χ2n) is 9.64. The molecule has 0 saturated carbocycles. The summed E-state index contributed by atoms with van der Waals surface area (Å²) >= 11 is 8.27. The molecule has 2 aliphatic heterocycles. The van der Waals surface area contributed by atoms with E-state index in [9.17, 15) is 18.4 Å². The fraction of sp³-hybridized carbons (Fsp3) is 0.370. The van der Waals surface area contributed by atoms with Gasteiger partial charge in [0.25, 0.3) is 0 Å². The van der Waals surface area contributed by atoms with Crippen LogP contribution in [-0.2, 0) is 9.53 Å². The molecule has 0 aliphatic carbocycles. The van der Waals surface area contributed by atoms with Gasteiger partial charge in [0.1, 0.15) is 17.5 Å². The van der Waals surface area contributed by atoms with Crippen molar-refractivity contribution in [3.05, 3.63) is 64.1 Å². The maximum Gasteiger partial charge on any atom is 0.350 e. The molecule has 0 radical (unpaired) electrons. The third-order valence-electron chi connectivity index (χ3n) is 7.16. The Bertz CT molecular complexity index is 1520. The predicted octanol–water partition coefficient (Wildman–Crippen LogP) is 5.01. The minimum Gasteiger partial charge on any atom is -0.383 e. The van der Waals surface area contributed by atoms with Crippen LogP contribution in [0.2, 0.25) is 5.02 Å². The van der Waals surface area contributed by atoms with Crippen molar-refractivity contribution in [1.82, 2.24) is 14.5 Å². The molecule has 3 atom stereocenters. The standard InChI is InChI=1S/C27H27ClF2N4O3S.H2S/c1-5-22(35)32-10-15(3)33(11-14(32)2)26-19-9-20(28)23(18-7-6-16(29)8-21(18)30)25-24(19)34(27(36)31-26)17(12-37-4)13-38-25;/h5-9,14-15,17H,1,10-13H2,2-4H3;1H2/t14-,15+,17+;/m1./s1. The molecule has 39 heavy (non-hydrogen) atoms. The van der Waals surface area contributed by atoms with Gasteiger partial charge in [-0.15, -0.1) is 11.8 Å². The van der Waals surface area contributed by atoms with E-state index in [1.54, 1.807) is 22.6 Å². The van der Waals surface area contributed by atoms with Crippen LogP contribution in [0.25, 0.3) is 22.0 Å². The van der Waals surface area contributed by atoms with Gasteiger partial charge in [0.15, 0.2) is 0 Å². The van der Waals surface area contributed by atoms with Crippen molar-refractivity contribution in [3.63, 3.8) is 0 Å². The number of halogens is 3. The molecule has 3 heterocycles. The number of ether oxygens (including phenoxy) is 1. The summed E-state index contributed by atoms with van der Waals surface area (Å²) in [6.07, 6.45) is 1.30. The first kappa shape index (κ1) is 29.4. The third-order valence-corrected chi connectivity index (χ3v) is 8.69. The lowest BCUT2D eigenvalue weighted by Crippen LogP contribution is -2.58. The van der Waals surface area contributed by atoms with Gasteiger partial charge in [0.05, 0.1) is 23.2 Å². The van der Waals surface area contributed by atoms with Crippen LogP contribution in [0.3, 0.4) is 0 Å². The average Bonchev–Trinajstić information content (AvgIpc) is 2.88. The van der Waals surface area contributed by atoms with E-state index in [1.165, 1.54) is 30.0 Å². The molecule has 1 amide bonds. The first-order valence-electron chi connectivity index (χ1n) is 12.2. The topological polar surface area (TPSA) is 67.7 Å². The molecule has 2 aromatic carbocycles. The molecule has 208 valence electrons. The van der Waals surface area contributed by atoms with Crippen molar-refractivity contribution in [2.75, 3.05) is 37.5 Å². The minimum absolute atomic E-state index is 0. The Morgan fingerprint density at radius 2 is 2.00 bits per heavy atom. The van der Waals surface area contributed by atoms with Crippen LogP contribution in [0.5, 0.6) is 0 Å². The lowest BCUT2D eigenvalue weighted by Gasteiger charge is -2.45.